The molecule has 0 spiro atoms. The van der Waals surface area contributed by atoms with Gasteiger partial charge in [0.2, 0.25) is 0 Å². The van der Waals surface area contributed by atoms with E-state index >= 15 is 0 Å². The maximum absolute atomic E-state index is 10.4. The van der Waals surface area contributed by atoms with Gasteiger partial charge in [-0.2, -0.15) is 0 Å². The number of phenolic OH excluding ortho intramolecular Hbond substituents is 1. The predicted molar refractivity (Wildman–Crippen MR) is 96.3 cm³/mol. The summed E-state index contributed by atoms with van der Waals surface area (Å²) in [6.45, 7) is -0.0268. The van der Waals surface area contributed by atoms with Crippen molar-refractivity contribution in [3.05, 3.63) is 47.0 Å². The van der Waals surface area contributed by atoms with E-state index in [9.17, 15) is 10.2 Å². The van der Waals surface area contributed by atoms with Gasteiger partial charge in [0.15, 0.2) is 23.0 Å². The number of aromatic hydroxyl groups is 1. The van der Waals surface area contributed by atoms with Crippen LogP contribution in [0.25, 0.3) is 0 Å². The number of aliphatic hydroxyl groups is 2. The van der Waals surface area contributed by atoms with Crippen LogP contribution in [0.3, 0.4) is 0 Å². The van der Waals surface area contributed by atoms with Gasteiger partial charge >= 0.3 is 0 Å². The van der Waals surface area contributed by atoms with Gasteiger partial charge in [-0.25, -0.2) is 0 Å². The number of ether oxygens (including phenoxy) is 3. The van der Waals surface area contributed by atoms with Crippen molar-refractivity contribution in [1.29, 1.82) is 0 Å². The Bertz CT molecular complexity index is 773. The van der Waals surface area contributed by atoms with Crippen LogP contribution >= 0.6 is 0 Å². The maximum atomic E-state index is 10.4. The van der Waals surface area contributed by atoms with Crippen molar-refractivity contribution < 1.29 is 29.5 Å². The number of benzene rings is 2. The first-order valence-corrected chi connectivity index (χ1v) is 8.59. The van der Waals surface area contributed by atoms with Gasteiger partial charge in [0.05, 0.1) is 26.7 Å². The molecule has 0 saturated carbocycles. The Labute approximate surface area is 152 Å². The van der Waals surface area contributed by atoms with Gasteiger partial charge in [-0.15, -0.1) is 0 Å². The Hall–Kier alpha value is -2.44. The summed E-state index contributed by atoms with van der Waals surface area (Å²) < 4.78 is 16.6. The Morgan fingerprint density at radius 3 is 2.46 bits per heavy atom. The van der Waals surface area contributed by atoms with Gasteiger partial charge in [-0.05, 0) is 42.2 Å². The smallest absolute Gasteiger partial charge is 0.165 e. The summed E-state index contributed by atoms with van der Waals surface area (Å²) in [6.07, 6.45) is 0.826. The van der Waals surface area contributed by atoms with Crippen LogP contribution in [0.4, 0.5) is 0 Å². The molecular weight excluding hydrogens is 336 g/mol. The lowest BCUT2D eigenvalue weighted by Crippen LogP contribution is -2.13. The van der Waals surface area contributed by atoms with Crippen molar-refractivity contribution in [2.45, 2.75) is 24.9 Å². The highest BCUT2D eigenvalue weighted by Gasteiger charge is 2.37. The average Bonchev–Trinajstić information content (AvgIpc) is 3.04. The van der Waals surface area contributed by atoms with E-state index in [0.717, 1.165) is 16.7 Å². The first-order valence-electron chi connectivity index (χ1n) is 8.59. The Kier molecular flexibility index (Phi) is 5.54. The number of aryl methyl sites for hydroxylation is 1. The second-order valence-electron chi connectivity index (χ2n) is 6.30. The topological polar surface area (TPSA) is 88.4 Å². The number of rotatable bonds is 7. The standard InChI is InChI=1S/C20H24O6/c1-24-17-6-5-13(10-18(17)25-2)19-15(11-22)14-8-12(4-3-7-21)9-16(23)20(14)26-19/h5-6,8-10,15,19,21-23H,3-4,7,11H2,1-2H3. The minimum absolute atomic E-state index is 0.0527. The molecule has 2 unspecified atom stereocenters. The summed E-state index contributed by atoms with van der Waals surface area (Å²) in [6, 6.07) is 9.07. The second-order valence-corrected chi connectivity index (χ2v) is 6.30. The van der Waals surface area contributed by atoms with Crippen LogP contribution in [-0.4, -0.2) is 42.8 Å². The second kappa shape index (κ2) is 7.85. The molecule has 0 saturated heterocycles. The van der Waals surface area contributed by atoms with Crippen LogP contribution in [-0.2, 0) is 6.42 Å². The zero-order valence-corrected chi connectivity index (χ0v) is 14.9. The summed E-state index contributed by atoms with van der Waals surface area (Å²) in [4.78, 5) is 0. The lowest BCUT2D eigenvalue weighted by molar-refractivity contribution is 0.157. The molecular formula is C20H24O6. The molecule has 26 heavy (non-hydrogen) atoms. The van der Waals surface area contributed by atoms with E-state index in [-0.39, 0.29) is 24.9 Å². The Morgan fingerprint density at radius 1 is 1.04 bits per heavy atom. The van der Waals surface area contributed by atoms with E-state index in [0.29, 0.717) is 30.1 Å². The number of phenols is 1. The van der Waals surface area contributed by atoms with Crippen LogP contribution in [0.1, 0.15) is 35.1 Å². The molecule has 2 atom stereocenters. The van der Waals surface area contributed by atoms with E-state index in [4.69, 9.17) is 19.3 Å². The van der Waals surface area contributed by atoms with Crippen molar-refractivity contribution in [1.82, 2.24) is 0 Å². The number of fused-ring (bicyclic) bond motifs is 1. The molecule has 0 aliphatic carbocycles. The molecule has 140 valence electrons. The van der Waals surface area contributed by atoms with Gasteiger partial charge < -0.3 is 29.5 Å². The van der Waals surface area contributed by atoms with Crippen molar-refractivity contribution in [3.63, 3.8) is 0 Å². The molecule has 0 aromatic heterocycles. The van der Waals surface area contributed by atoms with E-state index in [1.165, 1.54) is 0 Å². The summed E-state index contributed by atoms with van der Waals surface area (Å²) in [5, 5.41) is 29.4. The van der Waals surface area contributed by atoms with E-state index in [2.05, 4.69) is 0 Å². The van der Waals surface area contributed by atoms with Crippen LogP contribution in [0.5, 0.6) is 23.0 Å². The first-order chi connectivity index (χ1) is 12.6. The third-order valence-corrected chi connectivity index (χ3v) is 4.72. The van der Waals surface area contributed by atoms with Crippen LogP contribution in [0.2, 0.25) is 0 Å². The third kappa shape index (κ3) is 3.30. The summed E-state index contributed by atoms with van der Waals surface area (Å²) >= 11 is 0. The largest absolute Gasteiger partial charge is 0.504 e. The average molecular weight is 360 g/mol. The van der Waals surface area contributed by atoms with Crippen LogP contribution < -0.4 is 14.2 Å². The maximum Gasteiger partial charge on any atom is 0.165 e. The monoisotopic (exact) mass is 360 g/mol. The minimum Gasteiger partial charge on any atom is -0.504 e. The Balaban J connectivity index is 1.96. The van der Waals surface area contributed by atoms with Crippen LogP contribution in [0.15, 0.2) is 30.3 Å². The van der Waals surface area contributed by atoms with Gasteiger partial charge in [0.1, 0.15) is 6.10 Å². The molecule has 2 aromatic carbocycles. The minimum atomic E-state index is -0.436. The fourth-order valence-corrected chi connectivity index (χ4v) is 3.42. The fourth-order valence-electron chi connectivity index (χ4n) is 3.42. The quantitative estimate of drug-likeness (QED) is 0.703. The molecule has 1 heterocycles. The molecule has 1 aliphatic heterocycles. The fraction of sp³-hybridized carbons (Fsp3) is 0.400. The summed E-state index contributed by atoms with van der Waals surface area (Å²) in [5.41, 5.74) is 2.51. The number of methoxy groups -OCH3 is 2. The van der Waals surface area contributed by atoms with Crippen molar-refractivity contribution in [2.75, 3.05) is 27.4 Å². The molecule has 0 amide bonds. The zero-order valence-electron chi connectivity index (χ0n) is 14.9. The van der Waals surface area contributed by atoms with E-state index in [1.54, 1.807) is 26.4 Å². The molecule has 3 N–H and O–H groups in total. The Morgan fingerprint density at radius 2 is 1.81 bits per heavy atom. The van der Waals surface area contributed by atoms with Gasteiger partial charge in [-0.3, -0.25) is 0 Å². The molecule has 0 fully saturated rings. The number of hydrogen-bond donors (Lipinski definition) is 3. The predicted octanol–water partition coefficient (Wildman–Crippen LogP) is 2.54. The highest BCUT2D eigenvalue weighted by atomic mass is 16.5. The molecule has 0 bridgehead atoms. The van der Waals surface area contributed by atoms with Crippen molar-refractivity contribution in [2.24, 2.45) is 0 Å². The lowest BCUT2D eigenvalue weighted by Gasteiger charge is -2.19. The summed E-state index contributed by atoms with van der Waals surface area (Å²) in [5.74, 6) is 1.34. The molecule has 1 aliphatic rings. The zero-order chi connectivity index (χ0) is 18.7. The van der Waals surface area contributed by atoms with Gasteiger partial charge in [-0.1, -0.05) is 12.1 Å². The molecule has 2 aromatic rings. The van der Waals surface area contributed by atoms with Crippen LogP contribution in [0, 0.1) is 0 Å². The van der Waals surface area contributed by atoms with Gasteiger partial charge in [0, 0.05) is 12.2 Å². The van der Waals surface area contributed by atoms with Crippen molar-refractivity contribution in [3.8, 4) is 23.0 Å². The molecule has 6 nitrogen and oxygen atoms in total. The normalized spacial score (nSPS) is 18.3. The lowest BCUT2D eigenvalue weighted by atomic mass is 9.90. The van der Waals surface area contributed by atoms with E-state index in [1.807, 2.05) is 18.2 Å². The molecule has 6 heteroatoms. The number of hydrogen-bond acceptors (Lipinski definition) is 6. The number of aliphatic hydroxyl groups excluding tert-OH is 2. The highest BCUT2D eigenvalue weighted by Crippen LogP contribution is 2.51. The third-order valence-electron chi connectivity index (χ3n) is 4.72. The SMILES string of the molecule is COc1ccc(C2Oc3c(O)cc(CCCO)cc3C2CO)cc1OC. The van der Waals surface area contributed by atoms with Gasteiger partial charge in [0.25, 0.3) is 0 Å². The van der Waals surface area contributed by atoms with Crippen molar-refractivity contribution >= 4 is 0 Å². The summed E-state index contributed by atoms with van der Waals surface area (Å²) in [7, 11) is 3.14. The molecule has 3 rings (SSSR count). The first kappa shape index (κ1) is 18.4. The van der Waals surface area contributed by atoms with E-state index < -0.39 is 6.10 Å². The highest BCUT2D eigenvalue weighted by molar-refractivity contribution is 5.55. The molecule has 0 radical (unpaired) electrons.